The van der Waals surface area contributed by atoms with Gasteiger partial charge in [-0.3, -0.25) is 4.79 Å². The van der Waals surface area contributed by atoms with Gasteiger partial charge in [0.15, 0.2) is 0 Å². The highest BCUT2D eigenvalue weighted by Crippen LogP contribution is 2.35. The number of hydrogen-bond acceptors (Lipinski definition) is 5. The molecule has 3 aromatic rings. The molecule has 2 aromatic carbocycles. The molecule has 6 nitrogen and oxygen atoms in total. The molecule has 28 heavy (non-hydrogen) atoms. The standard InChI is InChI=1S/C21H21N5OS/c1-14-18(20(27)22-12-15-6-4-3-5-7-15)19(26-21(25-14)23-13-24-26)16-8-10-17(28-2)11-9-16/h3-11,13,19H,12H2,1-2H3,(H,22,27)(H,23,24,25)/t19-/m0/s1. The Hall–Kier alpha value is -3.06. The molecule has 7 heteroatoms. The van der Waals surface area contributed by atoms with Gasteiger partial charge in [-0.05, 0) is 36.4 Å². The van der Waals surface area contributed by atoms with Crippen LogP contribution in [0.2, 0.25) is 0 Å². The molecule has 2 heterocycles. The maximum atomic E-state index is 13.1. The number of carbonyl (C=O) groups excluding carboxylic acids is 1. The van der Waals surface area contributed by atoms with Crippen molar-refractivity contribution in [2.45, 2.75) is 24.4 Å². The Morgan fingerprint density at radius 2 is 1.93 bits per heavy atom. The van der Waals surface area contributed by atoms with Crippen molar-refractivity contribution in [2.75, 3.05) is 11.6 Å². The molecule has 1 aliphatic rings. The SMILES string of the molecule is CSc1ccc([C@H]2C(C(=O)NCc3ccccc3)=C(C)Nc3ncnn32)cc1. The monoisotopic (exact) mass is 391 g/mol. The second-order valence-corrected chi connectivity index (χ2v) is 7.42. The second kappa shape index (κ2) is 7.90. The lowest BCUT2D eigenvalue weighted by Crippen LogP contribution is -2.34. The van der Waals surface area contributed by atoms with Gasteiger partial charge in [0.2, 0.25) is 5.95 Å². The minimum absolute atomic E-state index is 0.117. The van der Waals surface area contributed by atoms with Crippen molar-refractivity contribution < 1.29 is 4.79 Å². The first-order valence-electron chi connectivity index (χ1n) is 9.00. The van der Waals surface area contributed by atoms with Gasteiger partial charge in [0, 0.05) is 17.1 Å². The number of nitrogens with zero attached hydrogens (tertiary/aromatic N) is 3. The molecule has 142 valence electrons. The van der Waals surface area contributed by atoms with Gasteiger partial charge >= 0.3 is 0 Å². The highest BCUT2D eigenvalue weighted by atomic mass is 32.2. The summed E-state index contributed by atoms with van der Waals surface area (Å²) in [4.78, 5) is 18.6. The molecular formula is C21H21N5OS. The van der Waals surface area contributed by atoms with E-state index in [9.17, 15) is 4.79 Å². The summed E-state index contributed by atoms with van der Waals surface area (Å²) < 4.78 is 1.76. The van der Waals surface area contributed by atoms with Gasteiger partial charge in [-0.15, -0.1) is 11.8 Å². The van der Waals surface area contributed by atoms with Crippen LogP contribution < -0.4 is 10.6 Å². The molecule has 4 rings (SSSR count). The third-order valence-corrected chi connectivity index (χ3v) is 5.51. The van der Waals surface area contributed by atoms with Gasteiger partial charge in [0.1, 0.15) is 12.4 Å². The predicted octanol–water partition coefficient (Wildman–Crippen LogP) is 3.61. The number of nitrogens with one attached hydrogen (secondary N) is 2. The third kappa shape index (κ3) is 3.53. The van der Waals surface area contributed by atoms with Gasteiger partial charge in [0.25, 0.3) is 5.91 Å². The van der Waals surface area contributed by atoms with Crippen molar-refractivity contribution in [3.05, 3.63) is 83.3 Å². The van der Waals surface area contributed by atoms with E-state index in [4.69, 9.17) is 0 Å². The topological polar surface area (TPSA) is 71.8 Å². The van der Waals surface area contributed by atoms with Gasteiger partial charge in [0.05, 0.1) is 5.57 Å². The molecule has 0 bridgehead atoms. The molecule has 2 N–H and O–H groups in total. The third-order valence-electron chi connectivity index (χ3n) is 4.77. The molecule has 1 atom stereocenters. The van der Waals surface area contributed by atoms with Crippen LogP contribution in [0.25, 0.3) is 0 Å². The summed E-state index contributed by atoms with van der Waals surface area (Å²) in [6.45, 7) is 2.37. The van der Waals surface area contributed by atoms with Crippen LogP contribution >= 0.6 is 11.8 Å². The zero-order valence-corrected chi connectivity index (χ0v) is 16.5. The molecule has 1 aliphatic heterocycles. The number of aromatic nitrogens is 3. The molecule has 0 radical (unpaired) electrons. The largest absolute Gasteiger partial charge is 0.348 e. The number of thioether (sulfide) groups is 1. The van der Waals surface area contributed by atoms with E-state index in [-0.39, 0.29) is 11.9 Å². The average Bonchev–Trinajstić information content (AvgIpc) is 3.20. The zero-order valence-electron chi connectivity index (χ0n) is 15.7. The van der Waals surface area contributed by atoms with Crippen molar-refractivity contribution in [3.63, 3.8) is 0 Å². The van der Waals surface area contributed by atoms with E-state index in [0.717, 1.165) is 16.8 Å². The molecule has 1 aromatic heterocycles. The summed E-state index contributed by atoms with van der Waals surface area (Å²) in [5.41, 5.74) is 3.48. The maximum Gasteiger partial charge on any atom is 0.251 e. The fourth-order valence-corrected chi connectivity index (χ4v) is 3.76. The van der Waals surface area contributed by atoms with E-state index in [1.54, 1.807) is 16.4 Å². The highest BCUT2D eigenvalue weighted by Gasteiger charge is 2.33. The van der Waals surface area contributed by atoms with Crippen molar-refractivity contribution in [2.24, 2.45) is 0 Å². The summed E-state index contributed by atoms with van der Waals surface area (Å²) in [6, 6.07) is 17.8. The Kier molecular flexibility index (Phi) is 5.16. The van der Waals surface area contributed by atoms with E-state index >= 15 is 0 Å². The second-order valence-electron chi connectivity index (χ2n) is 6.54. The molecule has 0 saturated carbocycles. The van der Waals surface area contributed by atoms with Crippen LogP contribution in [0.5, 0.6) is 0 Å². The summed E-state index contributed by atoms with van der Waals surface area (Å²) >= 11 is 1.69. The highest BCUT2D eigenvalue weighted by molar-refractivity contribution is 7.98. The van der Waals surface area contributed by atoms with E-state index in [1.807, 2.05) is 55.6 Å². The Morgan fingerprint density at radius 1 is 1.18 bits per heavy atom. The Bertz CT molecular complexity index is 1010. The molecule has 0 fully saturated rings. The van der Waals surface area contributed by atoms with Crippen LogP contribution in [0.3, 0.4) is 0 Å². The normalized spacial score (nSPS) is 15.7. The lowest BCUT2D eigenvalue weighted by molar-refractivity contribution is -0.118. The van der Waals surface area contributed by atoms with Gasteiger partial charge in [-0.2, -0.15) is 10.1 Å². The lowest BCUT2D eigenvalue weighted by Gasteiger charge is -2.28. The van der Waals surface area contributed by atoms with Gasteiger partial charge in [-0.1, -0.05) is 42.5 Å². The number of carbonyl (C=O) groups is 1. The number of rotatable bonds is 5. The zero-order chi connectivity index (χ0) is 19.5. The predicted molar refractivity (Wildman–Crippen MR) is 111 cm³/mol. The first-order chi connectivity index (χ1) is 13.7. The van der Waals surface area contributed by atoms with E-state index in [0.29, 0.717) is 18.1 Å². The van der Waals surface area contributed by atoms with Crippen molar-refractivity contribution in [3.8, 4) is 0 Å². The van der Waals surface area contributed by atoms with Crippen molar-refractivity contribution >= 4 is 23.6 Å². The van der Waals surface area contributed by atoms with Crippen LogP contribution in [0.4, 0.5) is 5.95 Å². The quantitative estimate of drug-likeness (QED) is 0.650. The first kappa shape index (κ1) is 18.3. The number of fused-ring (bicyclic) bond motifs is 1. The van der Waals surface area contributed by atoms with Gasteiger partial charge in [-0.25, -0.2) is 4.68 Å². The minimum Gasteiger partial charge on any atom is -0.348 e. The van der Waals surface area contributed by atoms with Crippen LogP contribution in [0, 0.1) is 0 Å². The van der Waals surface area contributed by atoms with Crippen LogP contribution in [0.15, 0.2) is 77.1 Å². The summed E-state index contributed by atoms with van der Waals surface area (Å²) in [6.07, 6.45) is 3.55. The summed E-state index contributed by atoms with van der Waals surface area (Å²) in [5.74, 6) is 0.519. The molecule has 0 unspecified atom stereocenters. The fourth-order valence-electron chi connectivity index (χ4n) is 3.35. The number of amides is 1. The number of anilines is 1. The molecular weight excluding hydrogens is 370 g/mol. The first-order valence-corrected chi connectivity index (χ1v) is 10.2. The van der Waals surface area contributed by atoms with Crippen molar-refractivity contribution in [1.29, 1.82) is 0 Å². The summed E-state index contributed by atoms with van der Waals surface area (Å²) in [7, 11) is 0. The van der Waals surface area contributed by atoms with E-state index in [1.165, 1.54) is 11.2 Å². The molecule has 0 saturated heterocycles. The Morgan fingerprint density at radius 3 is 2.64 bits per heavy atom. The lowest BCUT2D eigenvalue weighted by atomic mass is 9.95. The van der Waals surface area contributed by atoms with E-state index < -0.39 is 0 Å². The smallest absolute Gasteiger partial charge is 0.251 e. The number of allylic oxidation sites excluding steroid dienone is 1. The Balaban J connectivity index is 1.67. The van der Waals surface area contributed by atoms with E-state index in [2.05, 4.69) is 32.8 Å². The molecule has 1 amide bonds. The minimum atomic E-state index is -0.328. The maximum absolute atomic E-state index is 13.1. The fraction of sp³-hybridized carbons (Fsp3) is 0.190. The molecule has 0 aliphatic carbocycles. The Labute approximate surface area is 168 Å². The van der Waals surface area contributed by atoms with Crippen molar-refractivity contribution in [1.82, 2.24) is 20.1 Å². The number of benzene rings is 2. The molecule has 0 spiro atoms. The van der Waals surface area contributed by atoms with Crippen LogP contribution in [-0.4, -0.2) is 26.9 Å². The number of hydrogen-bond donors (Lipinski definition) is 2. The average molecular weight is 392 g/mol. The van der Waals surface area contributed by atoms with Gasteiger partial charge < -0.3 is 10.6 Å². The van der Waals surface area contributed by atoms with Crippen LogP contribution in [0.1, 0.15) is 24.1 Å². The van der Waals surface area contributed by atoms with Crippen LogP contribution in [-0.2, 0) is 11.3 Å². The summed E-state index contributed by atoms with van der Waals surface area (Å²) in [5, 5.41) is 10.6.